The Morgan fingerprint density at radius 1 is 1.20 bits per heavy atom. The van der Waals surface area contributed by atoms with Crippen molar-refractivity contribution in [3.05, 3.63) is 70.6 Å². The number of amides is 2. The number of hydrazone groups is 1. The van der Waals surface area contributed by atoms with Gasteiger partial charge in [-0.15, -0.1) is 0 Å². The van der Waals surface area contributed by atoms with Gasteiger partial charge in [0.15, 0.2) is 5.84 Å². The average molecular weight is 694 g/mol. The zero-order valence-corrected chi connectivity index (χ0v) is 30.9. The Morgan fingerprint density at radius 3 is 2.86 bits per heavy atom. The fraction of sp³-hybridized carbons (Fsp3) is 0.488. The molecule has 0 saturated heterocycles. The Labute approximate surface area is 304 Å². The van der Waals surface area contributed by atoms with Gasteiger partial charge in [-0.25, -0.2) is 4.99 Å². The molecule has 51 heavy (non-hydrogen) atoms. The van der Waals surface area contributed by atoms with E-state index in [1.807, 2.05) is 58.5 Å². The lowest BCUT2D eigenvalue weighted by atomic mass is 9.93. The fourth-order valence-electron chi connectivity index (χ4n) is 6.39. The maximum absolute atomic E-state index is 13.0. The van der Waals surface area contributed by atoms with E-state index < -0.39 is 0 Å². The van der Waals surface area contributed by atoms with Crippen LogP contribution in [0.15, 0.2) is 69.6 Å². The van der Waals surface area contributed by atoms with E-state index in [0.717, 1.165) is 104 Å². The van der Waals surface area contributed by atoms with E-state index >= 15 is 0 Å². The number of rotatable bonds is 16. The minimum absolute atomic E-state index is 0.210. The molecule has 1 aromatic rings. The number of carbonyl (C=O) groups is 2. The third kappa shape index (κ3) is 11.9. The quantitative estimate of drug-likeness (QED) is 0.0822. The minimum Gasteiger partial charge on any atom is -0.382 e. The molecule has 0 bridgehead atoms. The Bertz CT molecular complexity index is 1620. The smallest absolute Gasteiger partial charge is 0.250 e. The number of aliphatic imine (C=N–C) groups is 1. The van der Waals surface area contributed by atoms with Gasteiger partial charge >= 0.3 is 0 Å². The SMILES string of the molecule is CCCC(C)N1CC2=C(CCC=C2C#CCCCCOCCNc2cc(/C=C/N3/C=C/CCCCN(C)/N=C\3C=NC=O)ccc2C(C)=N)C1=O. The topological polar surface area (TPSA) is 114 Å². The molecule has 1 aromatic carbocycles. The van der Waals surface area contributed by atoms with Crippen LogP contribution in [-0.4, -0.2) is 90.8 Å². The van der Waals surface area contributed by atoms with Crippen molar-refractivity contribution in [2.24, 2.45) is 10.1 Å². The zero-order chi connectivity index (χ0) is 36.4. The largest absolute Gasteiger partial charge is 0.382 e. The molecule has 272 valence electrons. The van der Waals surface area contributed by atoms with Crippen molar-refractivity contribution in [3.8, 4) is 11.8 Å². The van der Waals surface area contributed by atoms with Crippen LogP contribution in [0.25, 0.3) is 6.08 Å². The summed E-state index contributed by atoms with van der Waals surface area (Å²) in [4.78, 5) is 31.6. The van der Waals surface area contributed by atoms with Gasteiger partial charge in [-0.2, -0.15) is 5.10 Å². The summed E-state index contributed by atoms with van der Waals surface area (Å²) in [6.45, 7) is 9.45. The lowest BCUT2D eigenvalue weighted by molar-refractivity contribution is -0.127. The Balaban J connectivity index is 1.24. The molecule has 0 radical (unpaired) electrons. The molecule has 0 aromatic heterocycles. The van der Waals surface area contributed by atoms with Gasteiger partial charge in [0.05, 0.1) is 12.8 Å². The van der Waals surface area contributed by atoms with Crippen molar-refractivity contribution in [2.75, 3.05) is 45.2 Å². The lowest BCUT2D eigenvalue weighted by Crippen LogP contribution is -2.35. The van der Waals surface area contributed by atoms with E-state index in [0.29, 0.717) is 44.3 Å². The predicted octanol–water partition coefficient (Wildman–Crippen LogP) is 7.17. The van der Waals surface area contributed by atoms with Crippen molar-refractivity contribution in [1.29, 1.82) is 5.41 Å². The number of amidine groups is 1. The molecule has 0 spiro atoms. The first-order valence-corrected chi connectivity index (χ1v) is 18.5. The van der Waals surface area contributed by atoms with E-state index in [1.54, 1.807) is 6.92 Å². The van der Waals surface area contributed by atoms with Gasteiger partial charge in [-0.05, 0) is 88.5 Å². The minimum atomic E-state index is 0.210. The molecular formula is C41H55N7O3. The number of allylic oxidation sites excluding steroid dienone is 2. The molecule has 4 rings (SSSR count). The molecule has 2 amide bonds. The first-order chi connectivity index (χ1) is 24.8. The molecule has 0 saturated carbocycles. The van der Waals surface area contributed by atoms with Gasteiger partial charge in [-0.1, -0.05) is 49.5 Å². The van der Waals surface area contributed by atoms with Gasteiger partial charge in [0.2, 0.25) is 6.41 Å². The summed E-state index contributed by atoms with van der Waals surface area (Å²) >= 11 is 0. The summed E-state index contributed by atoms with van der Waals surface area (Å²) in [5.74, 6) is 7.46. The summed E-state index contributed by atoms with van der Waals surface area (Å²) in [6, 6.07) is 6.23. The lowest BCUT2D eigenvalue weighted by Gasteiger charge is -2.24. The number of anilines is 1. The van der Waals surface area contributed by atoms with E-state index in [4.69, 9.17) is 10.1 Å². The normalized spacial score (nSPS) is 19.0. The average Bonchev–Trinajstić information content (AvgIpc) is 3.47. The molecule has 2 heterocycles. The summed E-state index contributed by atoms with van der Waals surface area (Å²) in [7, 11) is 1.92. The summed E-state index contributed by atoms with van der Waals surface area (Å²) in [6.07, 6.45) is 21.7. The second-order valence-corrected chi connectivity index (χ2v) is 13.2. The van der Waals surface area contributed by atoms with Gasteiger partial charge in [0.1, 0.15) is 0 Å². The van der Waals surface area contributed by atoms with Crippen molar-refractivity contribution in [3.63, 3.8) is 0 Å². The molecule has 2 aliphatic heterocycles. The first kappa shape index (κ1) is 39.0. The van der Waals surface area contributed by atoms with Crippen LogP contribution in [0.2, 0.25) is 0 Å². The number of ether oxygens (including phenoxy) is 1. The number of unbranched alkanes of at least 4 members (excludes halogenated alkanes) is 2. The van der Waals surface area contributed by atoms with Crippen molar-refractivity contribution < 1.29 is 14.3 Å². The summed E-state index contributed by atoms with van der Waals surface area (Å²) < 4.78 is 5.92. The monoisotopic (exact) mass is 693 g/mol. The highest BCUT2D eigenvalue weighted by Gasteiger charge is 2.34. The Kier molecular flexibility index (Phi) is 15.9. The van der Waals surface area contributed by atoms with Gasteiger partial charge in [0, 0.05) is 86.3 Å². The highest BCUT2D eigenvalue weighted by atomic mass is 16.5. The molecular weight excluding hydrogens is 638 g/mol. The highest BCUT2D eigenvalue weighted by Crippen LogP contribution is 2.34. The van der Waals surface area contributed by atoms with Crippen molar-refractivity contribution in [1.82, 2.24) is 14.8 Å². The molecule has 1 atom stereocenters. The summed E-state index contributed by atoms with van der Waals surface area (Å²) in [5, 5.41) is 18.2. The Hall–Kier alpha value is -4.75. The number of nitrogens with zero attached hydrogens (tertiary/aromatic N) is 5. The maximum atomic E-state index is 13.0. The number of hydrogen-bond acceptors (Lipinski definition) is 8. The van der Waals surface area contributed by atoms with Crippen LogP contribution in [0.3, 0.4) is 0 Å². The number of hydrogen-bond donors (Lipinski definition) is 2. The number of benzene rings is 1. The van der Waals surface area contributed by atoms with Crippen LogP contribution in [-0.2, 0) is 14.3 Å². The number of carbonyl (C=O) groups excluding carboxylic acids is 2. The molecule has 0 fully saturated rings. The first-order valence-electron chi connectivity index (χ1n) is 18.5. The van der Waals surface area contributed by atoms with Gasteiger partial charge in [0.25, 0.3) is 5.91 Å². The third-order valence-corrected chi connectivity index (χ3v) is 9.18. The van der Waals surface area contributed by atoms with Crippen LogP contribution in [0.4, 0.5) is 5.69 Å². The van der Waals surface area contributed by atoms with Crippen LogP contribution in [0.1, 0.15) is 96.1 Å². The third-order valence-electron chi connectivity index (χ3n) is 9.18. The molecule has 3 aliphatic rings. The van der Waals surface area contributed by atoms with Crippen molar-refractivity contribution in [2.45, 2.75) is 91.0 Å². The fourth-order valence-corrected chi connectivity index (χ4v) is 6.39. The van der Waals surface area contributed by atoms with Gasteiger partial charge < -0.3 is 25.3 Å². The molecule has 2 N–H and O–H groups in total. The van der Waals surface area contributed by atoms with E-state index in [1.165, 1.54) is 6.21 Å². The zero-order valence-electron chi connectivity index (χ0n) is 30.9. The maximum Gasteiger partial charge on any atom is 0.250 e. The highest BCUT2D eigenvalue weighted by molar-refractivity contribution is 6.30. The Morgan fingerprint density at radius 2 is 2.06 bits per heavy atom. The molecule has 10 nitrogen and oxygen atoms in total. The van der Waals surface area contributed by atoms with Crippen LogP contribution >= 0.6 is 0 Å². The molecule has 10 heteroatoms. The van der Waals surface area contributed by atoms with E-state index in [-0.39, 0.29) is 11.9 Å². The predicted molar refractivity (Wildman–Crippen MR) is 209 cm³/mol. The standard InChI is InChI=1S/C41H55N7O3/c1-5-15-32(2)48-30-38-35(17-14-18-37(38)41(48)50)16-10-6-9-13-26-51-27-22-44-39-28-34(19-20-36(39)33(3)42)21-25-47-24-12-8-7-11-23-46(4)45-40(47)29-43-31-49/h12,17,19-21,24-25,28-29,31-32,42,44H,5-9,11,13-15,18,22-23,26-27,30H2,1-4H3/b24-12+,25-21+,42-33?,43-29?,45-40-. The van der Waals surface area contributed by atoms with E-state index in [2.05, 4.69) is 53.3 Å². The van der Waals surface area contributed by atoms with Crippen LogP contribution in [0, 0.1) is 17.3 Å². The molecule has 1 unspecified atom stereocenters. The van der Waals surface area contributed by atoms with Crippen LogP contribution in [0.5, 0.6) is 0 Å². The van der Waals surface area contributed by atoms with E-state index in [9.17, 15) is 9.59 Å². The summed E-state index contributed by atoms with van der Waals surface area (Å²) in [5.41, 5.74) is 6.32. The second-order valence-electron chi connectivity index (χ2n) is 13.2. The van der Waals surface area contributed by atoms with Crippen molar-refractivity contribution >= 4 is 41.8 Å². The van der Waals surface area contributed by atoms with Gasteiger partial charge in [-0.3, -0.25) is 14.6 Å². The number of nitrogens with one attached hydrogen (secondary N) is 2. The second kappa shape index (κ2) is 20.8. The van der Waals surface area contributed by atoms with Crippen LogP contribution < -0.4 is 5.32 Å². The molecule has 1 aliphatic carbocycles.